The van der Waals surface area contributed by atoms with E-state index in [2.05, 4.69) is 21.7 Å². The van der Waals surface area contributed by atoms with Crippen LogP contribution in [0.3, 0.4) is 0 Å². The zero-order valence-electron chi connectivity index (χ0n) is 16.8. The molecule has 0 aliphatic heterocycles. The van der Waals surface area contributed by atoms with Gasteiger partial charge in [-0.15, -0.1) is 0 Å². The second-order valence-corrected chi connectivity index (χ2v) is 8.44. The van der Waals surface area contributed by atoms with Crippen LogP contribution in [0.1, 0.15) is 29.5 Å². The average molecular weight is 444 g/mol. The highest BCUT2D eigenvalue weighted by molar-refractivity contribution is 7.98. The second kappa shape index (κ2) is 9.20. The summed E-state index contributed by atoms with van der Waals surface area (Å²) in [5.41, 5.74) is 4.48. The first kappa shape index (κ1) is 20.9. The van der Waals surface area contributed by atoms with Crippen LogP contribution in [0.5, 0.6) is 0 Å². The molecule has 5 nitrogen and oxygen atoms in total. The van der Waals surface area contributed by atoms with E-state index in [-0.39, 0.29) is 11.9 Å². The molecule has 1 atom stereocenters. The molecule has 156 valence electrons. The van der Waals surface area contributed by atoms with E-state index in [1.807, 2.05) is 43.0 Å². The molecule has 0 radical (unpaired) electrons. The summed E-state index contributed by atoms with van der Waals surface area (Å²) in [6.07, 6.45) is 3.03. The number of nitrogens with zero attached hydrogens (tertiary/aromatic N) is 3. The lowest BCUT2D eigenvalue weighted by molar-refractivity contribution is 0.501. The van der Waals surface area contributed by atoms with Crippen LogP contribution in [0.15, 0.2) is 48.5 Å². The van der Waals surface area contributed by atoms with Crippen molar-refractivity contribution in [3.8, 4) is 5.69 Å². The number of halogens is 2. The summed E-state index contributed by atoms with van der Waals surface area (Å²) < 4.78 is 14.9. The van der Waals surface area contributed by atoms with E-state index in [4.69, 9.17) is 16.6 Å². The Bertz CT molecular complexity index is 1110. The van der Waals surface area contributed by atoms with Crippen LogP contribution in [-0.2, 0) is 6.54 Å². The lowest BCUT2D eigenvalue weighted by Crippen LogP contribution is -2.23. The summed E-state index contributed by atoms with van der Waals surface area (Å²) in [5.74, 6) is 1.64. The largest absolute Gasteiger partial charge is 0.341 e. The van der Waals surface area contributed by atoms with Gasteiger partial charge in [0.15, 0.2) is 0 Å². The third-order valence-electron chi connectivity index (χ3n) is 5.07. The van der Waals surface area contributed by atoms with Gasteiger partial charge in [-0.05, 0) is 61.8 Å². The highest BCUT2D eigenvalue weighted by atomic mass is 35.5. The SMILES string of the molecule is CSCCC(NCc1c(C)nn(-c2ccc(F)cc2)c1Cl)c1nc2ccccc2[nH]1. The zero-order chi connectivity index (χ0) is 21.1. The molecule has 0 saturated carbocycles. The van der Waals surface area contributed by atoms with Crippen molar-refractivity contribution in [3.63, 3.8) is 0 Å². The quantitative estimate of drug-likeness (QED) is 0.381. The molecule has 4 aromatic rings. The molecule has 2 aromatic heterocycles. The van der Waals surface area contributed by atoms with Gasteiger partial charge in [0.25, 0.3) is 0 Å². The van der Waals surface area contributed by atoms with E-state index in [1.165, 1.54) is 12.1 Å². The zero-order valence-corrected chi connectivity index (χ0v) is 18.4. The summed E-state index contributed by atoms with van der Waals surface area (Å²) >= 11 is 8.45. The van der Waals surface area contributed by atoms with Gasteiger partial charge in [-0.1, -0.05) is 23.7 Å². The lowest BCUT2D eigenvalue weighted by Gasteiger charge is -2.16. The number of aromatic nitrogens is 4. The number of hydrogen-bond donors (Lipinski definition) is 2. The smallest absolute Gasteiger partial charge is 0.137 e. The van der Waals surface area contributed by atoms with Crippen LogP contribution in [0.4, 0.5) is 4.39 Å². The normalized spacial score (nSPS) is 12.5. The van der Waals surface area contributed by atoms with Crippen molar-refractivity contribution in [2.24, 2.45) is 0 Å². The Morgan fingerprint density at radius 2 is 1.97 bits per heavy atom. The maximum atomic E-state index is 13.3. The maximum Gasteiger partial charge on any atom is 0.137 e. The van der Waals surface area contributed by atoms with Crippen LogP contribution >= 0.6 is 23.4 Å². The number of thioether (sulfide) groups is 1. The molecule has 0 saturated heterocycles. The van der Waals surface area contributed by atoms with E-state index in [1.54, 1.807) is 16.8 Å². The average Bonchev–Trinajstić information content (AvgIpc) is 3.30. The molecular formula is C22H23ClFN5S. The van der Waals surface area contributed by atoms with Crippen molar-refractivity contribution in [1.82, 2.24) is 25.1 Å². The van der Waals surface area contributed by atoms with Crippen LogP contribution in [0.2, 0.25) is 5.15 Å². The van der Waals surface area contributed by atoms with Crippen molar-refractivity contribution in [1.29, 1.82) is 0 Å². The number of aromatic amines is 1. The summed E-state index contributed by atoms with van der Waals surface area (Å²) in [6.45, 7) is 2.49. The third-order valence-corrected chi connectivity index (χ3v) is 6.10. The molecule has 1 unspecified atom stereocenters. The van der Waals surface area contributed by atoms with E-state index in [0.717, 1.165) is 46.0 Å². The number of nitrogens with one attached hydrogen (secondary N) is 2. The van der Waals surface area contributed by atoms with Crippen LogP contribution in [0, 0.1) is 12.7 Å². The molecule has 0 bridgehead atoms. The highest BCUT2D eigenvalue weighted by Gasteiger charge is 2.19. The van der Waals surface area contributed by atoms with Gasteiger partial charge in [-0.3, -0.25) is 0 Å². The maximum absolute atomic E-state index is 13.3. The minimum Gasteiger partial charge on any atom is -0.341 e. The molecular weight excluding hydrogens is 421 g/mol. The molecule has 4 rings (SSSR count). The van der Waals surface area contributed by atoms with E-state index < -0.39 is 0 Å². The fourth-order valence-electron chi connectivity index (χ4n) is 3.42. The molecule has 2 heterocycles. The summed E-state index contributed by atoms with van der Waals surface area (Å²) in [5, 5.41) is 8.68. The Hall–Kier alpha value is -2.35. The standard InChI is InChI=1S/C22H23ClFN5S/c1-14-17(21(23)29(28-14)16-9-7-15(24)8-10-16)13-25-20(11-12-30-2)22-26-18-5-3-4-6-19(18)27-22/h3-10,20,25H,11-13H2,1-2H3,(H,26,27). The van der Waals surface area contributed by atoms with Crippen molar-refractivity contribution >= 4 is 34.4 Å². The summed E-state index contributed by atoms with van der Waals surface area (Å²) in [6, 6.07) is 14.2. The molecule has 0 fully saturated rings. The minimum absolute atomic E-state index is 0.0643. The van der Waals surface area contributed by atoms with Gasteiger partial charge < -0.3 is 10.3 Å². The van der Waals surface area contributed by atoms with Crippen molar-refractivity contribution < 1.29 is 4.39 Å². The van der Waals surface area contributed by atoms with E-state index in [0.29, 0.717) is 11.7 Å². The Morgan fingerprint density at radius 3 is 2.70 bits per heavy atom. The van der Waals surface area contributed by atoms with Gasteiger partial charge in [0.05, 0.1) is 28.5 Å². The summed E-state index contributed by atoms with van der Waals surface area (Å²) in [4.78, 5) is 8.20. The first-order valence-corrected chi connectivity index (χ1v) is 11.5. The van der Waals surface area contributed by atoms with Crippen LogP contribution in [0.25, 0.3) is 16.7 Å². The number of H-pyrrole nitrogens is 1. The predicted molar refractivity (Wildman–Crippen MR) is 122 cm³/mol. The molecule has 0 spiro atoms. The summed E-state index contributed by atoms with van der Waals surface area (Å²) in [7, 11) is 0. The number of aryl methyl sites for hydroxylation is 1. The number of imidazole rings is 1. The molecule has 2 N–H and O–H groups in total. The molecule has 30 heavy (non-hydrogen) atoms. The van der Waals surface area contributed by atoms with Crippen LogP contribution in [-0.4, -0.2) is 31.8 Å². The van der Waals surface area contributed by atoms with Gasteiger partial charge in [-0.2, -0.15) is 16.9 Å². The highest BCUT2D eigenvalue weighted by Crippen LogP contribution is 2.26. The Balaban J connectivity index is 1.57. The molecule has 8 heteroatoms. The third kappa shape index (κ3) is 4.38. The van der Waals surface area contributed by atoms with Crippen LogP contribution < -0.4 is 5.32 Å². The van der Waals surface area contributed by atoms with Gasteiger partial charge >= 0.3 is 0 Å². The molecule has 0 amide bonds. The molecule has 0 aliphatic rings. The number of rotatable bonds is 8. The first-order chi connectivity index (χ1) is 14.6. The number of para-hydroxylation sites is 2. The first-order valence-electron chi connectivity index (χ1n) is 9.73. The van der Waals surface area contributed by atoms with E-state index in [9.17, 15) is 4.39 Å². The van der Waals surface area contributed by atoms with E-state index >= 15 is 0 Å². The Kier molecular flexibility index (Phi) is 6.41. The van der Waals surface area contributed by atoms with Gasteiger partial charge in [0.1, 0.15) is 16.8 Å². The lowest BCUT2D eigenvalue weighted by atomic mass is 10.2. The monoisotopic (exact) mass is 443 g/mol. The predicted octanol–water partition coefficient (Wildman–Crippen LogP) is 5.43. The Labute approximate surface area is 184 Å². The van der Waals surface area contributed by atoms with Crippen molar-refractivity contribution in [2.75, 3.05) is 12.0 Å². The topological polar surface area (TPSA) is 58.5 Å². The van der Waals surface area contributed by atoms with Gasteiger partial charge in [0.2, 0.25) is 0 Å². The fourth-order valence-corrected chi connectivity index (χ4v) is 4.23. The van der Waals surface area contributed by atoms with Crippen molar-refractivity contribution in [3.05, 3.63) is 76.6 Å². The number of benzene rings is 2. The number of hydrogen-bond acceptors (Lipinski definition) is 4. The van der Waals surface area contributed by atoms with Crippen molar-refractivity contribution in [2.45, 2.75) is 25.9 Å². The van der Waals surface area contributed by atoms with Gasteiger partial charge in [-0.25, -0.2) is 14.1 Å². The van der Waals surface area contributed by atoms with Gasteiger partial charge in [0, 0.05) is 12.1 Å². The molecule has 2 aromatic carbocycles. The fraction of sp³-hybridized carbons (Fsp3) is 0.273. The minimum atomic E-state index is -0.289. The second-order valence-electron chi connectivity index (χ2n) is 7.10. The molecule has 0 aliphatic carbocycles. The Morgan fingerprint density at radius 1 is 1.20 bits per heavy atom. The number of fused-ring (bicyclic) bond motifs is 1.